The zero-order valence-corrected chi connectivity index (χ0v) is 9.71. The Morgan fingerprint density at radius 3 is 2.62 bits per heavy atom. The summed E-state index contributed by atoms with van der Waals surface area (Å²) in [5, 5.41) is 19.3. The summed E-state index contributed by atoms with van der Waals surface area (Å²) in [6.07, 6.45) is 1.58. The molecule has 0 spiro atoms. The highest BCUT2D eigenvalue weighted by Gasteiger charge is 2.49. The Bertz CT molecular complexity index is 450. The van der Waals surface area contributed by atoms with Crippen molar-refractivity contribution in [2.24, 2.45) is 0 Å². The number of carbonyl (C=O) groups is 1. The van der Waals surface area contributed by atoms with Crippen molar-refractivity contribution in [3.8, 4) is 5.75 Å². The quantitative estimate of drug-likeness (QED) is 0.854. The highest BCUT2D eigenvalue weighted by Crippen LogP contribution is 2.56. The molecular formula is C12H13ClO3. The number of rotatable bonds is 3. The highest BCUT2D eigenvalue weighted by atomic mass is 35.5. The lowest BCUT2D eigenvalue weighted by atomic mass is 9.90. The van der Waals surface area contributed by atoms with Crippen LogP contribution in [0.1, 0.15) is 30.4 Å². The van der Waals surface area contributed by atoms with Gasteiger partial charge in [0, 0.05) is 16.0 Å². The van der Waals surface area contributed by atoms with Crippen molar-refractivity contribution in [2.75, 3.05) is 0 Å². The molecular weight excluding hydrogens is 228 g/mol. The average Bonchev–Trinajstić information content (AvgIpc) is 2.92. The molecule has 86 valence electrons. The predicted molar refractivity (Wildman–Crippen MR) is 61.0 cm³/mol. The average molecular weight is 241 g/mol. The van der Waals surface area contributed by atoms with Crippen molar-refractivity contribution in [3.05, 3.63) is 28.3 Å². The molecule has 0 heterocycles. The van der Waals surface area contributed by atoms with Gasteiger partial charge in [0.15, 0.2) is 0 Å². The molecule has 1 aromatic rings. The fourth-order valence-electron chi connectivity index (χ4n) is 2.13. The number of phenols is 1. The van der Waals surface area contributed by atoms with Crippen LogP contribution in [0, 0.1) is 6.92 Å². The first-order chi connectivity index (χ1) is 7.46. The first-order valence-electron chi connectivity index (χ1n) is 5.17. The second kappa shape index (κ2) is 3.67. The number of phenolic OH excluding ortho intramolecular Hbond substituents is 1. The number of aryl methyl sites for hydroxylation is 1. The van der Waals surface area contributed by atoms with E-state index in [1.165, 1.54) is 0 Å². The standard InChI is InChI=1S/C12H13ClO3/c1-7-2-3-8(13)10(11(7)16)12(4-5-12)6-9(14)15/h2-3,16H,4-6H2,1H3,(H,14,15). The van der Waals surface area contributed by atoms with Crippen LogP contribution >= 0.6 is 11.6 Å². The van der Waals surface area contributed by atoms with Crippen LogP contribution in [-0.4, -0.2) is 16.2 Å². The van der Waals surface area contributed by atoms with E-state index in [9.17, 15) is 9.90 Å². The lowest BCUT2D eigenvalue weighted by molar-refractivity contribution is -0.137. The molecule has 1 fully saturated rings. The van der Waals surface area contributed by atoms with Crippen molar-refractivity contribution in [1.29, 1.82) is 0 Å². The lowest BCUT2D eigenvalue weighted by Crippen LogP contribution is -2.14. The molecule has 0 aromatic heterocycles. The van der Waals surface area contributed by atoms with Gasteiger partial charge in [-0.1, -0.05) is 17.7 Å². The van der Waals surface area contributed by atoms with Crippen molar-refractivity contribution < 1.29 is 15.0 Å². The number of aliphatic carboxylic acids is 1. The summed E-state index contributed by atoms with van der Waals surface area (Å²) in [5.74, 6) is -0.708. The van der Waals surface area contributed by atoms with Crippen LogP contribution < -0.4 is 0 Å². The van der Waals surface area contributed by atoms with Gasteiger partial charge >= 0.3 is 5.97 Å². The third-order valence-electron chi connectivity index (χ3n) is 3.20. The molecule has 2 rings (SSSR count). The van der Waals surface area contributed by atoms with E-state index < -0.39 is 11.4 Å². The molecule has 0 bridgehead atoms. The van der Waals surface area contributed by atoms with Gasteiger partial charge in [-0.25, -0.2) is 0 Å². The maximum Gasteiger partial charge on any atom is 0.304 e. The minimum Gasteiger partial charge on any atom is -0.507 e. The fourth-order valence-corrected chi connectivity index (χ4v) is 2.48. The van der Waals surface area contributed by atoms with Gasteiger partial charge in [-0.3, -0.25) is 4.79 Å². The van der Waals surface area contributed by atoms with Crippen molar-refractivity contribution in [1.82, 2.24) is 0 Å². The smallest absolute Gasteiger partial charge is 0.304 e. The van der Waals surface area contributed by atoms with Crippen LogP contribution in [-0.2, 0) is 10.2 Å². The Morgan fingerprint density at radius 2 is 2.12 bits per heavy atom. The Hall–Kier alpha value is -1.22. The van der Waals surface area contributed by atoms with Crippen LogP contribution in [0.25, 0.3) is 0 Å². The van der Waals surface area contributed by atoms with E-state index in [0.29, 0.717) is 10.6 Å². The normalized spacial score (nSPS) is 17.1. The molecule has 0 unspecified atom stereocenters. The molecule has 0 amide bonds. The molecule has 1 aromatic carbocycles. The second-order valence-corrected chi connectivity index (χ2v) is 4.85. The minimum atomic E-state index is -0.852. The van der Waals surface area contributed by atoms with Crippen molar-refractivity contribution in [3.63, 3.8) is 0 Å². The largest absolute Gasteiger partial charge is 0.507 e. The summed E-state index contributed by atoms with van der Waals surface area (Å²) in [4.78, 5) is 10.8. The molecule has 1 aliphatic rings. The third kappa shape index (κ3) is 1.76. The minimum absolute atomic E-state index is 0.0315. The summed E-state index contributed by atoms with van der Waals surface area (Å²) in [6, 6.07) is 3.45. The highest BCUT2D eigenvalue weighted by molar-refractivity contribution is 6.31. The number of carboxylic acid groups (broad SMARTS) is 1. The Morgan fingerprint density at radius 1 is 1.50 bits per heavy atom. The van der Waals surface area contributed by atoms with Crippen LogP contribution in [0.3, 0.4) is 0 Å². The van der Waals surface area contributed by atoms with E-state index in [2.05, 4.69) is 0 Å². The molecule has 3 nitrogen and oxygen atoms in total. The zero-order valence-electron chi connectivity index (χ0n) is 8.96. The number of aromatic hydroxyl groups is 1. The van der Waals surface area contributed by atoms with Crippen molar-refractivity contribution >= 4 is 17.6 Å². The van der Waals surface area contributed by atoms with Crippen LogP contribution in [0.2, 0.25) is 5.02 Å². The maximum absolute atomic E-state index is 10.8. The van der Waals surface area contributed by atoms with Gasteiger partial charge in [-0.15, -0.1) is 0 Å². The second-order valence-electron chi connectivity index (χ2n) is 4.44. The molecule has 2 N–H and O–H groups in total. The Labute approximate surface area is 98.7 Å². The van der Waals surface area contributed by atoms with Gasteiger partial charge in [0.1, 0.15) is 5.75 Å². The van der Waals surface area contributed by atoms with E-state index in [4.69, 9.17) is 16.7 Å². The van der Waals surface area contributed by atoms with Crippen LogP contribution in [0.5, 0.6) is 5.75 Å². The number of halogens is 1. The molecule has 0 aliphatic heterocycles. The van der Waals surface area contributed by atoms with Crippen LogP contribution in [0.4, 0.5) is 0 Å². The van der Waals surface area contributed by atoms with Crippen molar-refractivity contribution in [2.45, 2.75) is 31.6 Å². The number of hydrogen-bond acceptors (Lipinski definition) is 2. The third-order valence-corrected chi connectivity index (χ3v) is 3.52. The van der Waals surface area contributed by atoms with E-state index in [-0.39, 0.29) is 12.2 Å². The summed E-state index contributed by atoms with van der Waals surface area (Å²) in [5.41, 5.74) is 0.895. The van der Waals surface area contributed by atoms with Gasteiger partial charge < -0.3 is 10.2 Å². The maximum atomic E-state index is 10.8. The summed E-state index contributed by atoms with van der Waals surface area (Å²) in [6.45, 7) is 1.78. The molecule has 0 radical (unpaired) electrons. The molecule has 0 atom stereocenters. The molecule has 0 saturated heterocycles. The predicted octanol–water partition coefficient (Wildman–Crippen LogP) is 2.86. The number of benzene rings is 1. The number of carboxylic acids is 1. The SMILES string of the molecule is Cc1ccc(Cl)c(C2(CC(=O)O)CC2)c1O. The topological polar surface area (TPSA) is 57.5 Å². The molecule has 4 heteroatoms. The summed E-state index contributed by atoms with van der Waals surface area (Å²) in [7, 11) is 0. The van der Waals surface area contributed by atoms with Gasteiger partial charge in [-0.05, 0) is 31.4 Å². The van der Waals surface area contributed by atoms with E-state index >= 15 is 0 Å². The first-order valence-corrected chi connectivity index (χ1v) is 5.54. The summed E-state index contributed by atoms with van der Waals surface area (Å²) >= 11 is 6.06. The Kier molecular flexibility index (Phi) is 2.58. The molecule has 16 heavy (non-hydrogen) atoms. The molecule has 1 saturated carbocycles. The summed E-state index contributed by atoms with van der Waals surface area (Å²) < 4.78 is 0. The van der Waals surface area contributed by atoms with Gasteiger partial charge in [0.2, 0.25) is 0 Å². The van der Waals surface area contributed by atoms with E-state index in [1.807, 2.05) is 0 Å². The number of hydrogen-bond donors (Lipinski definition) is 2. The van der Waals surface area contributed by atoms with Gasteiger partial charge in [0.05, 0.1) is 6.42 Å². The molecule has 1 aliphatic carbocycles. The van der Waals surface area contributed by atoms with Crippen LogP contribution in [0.15, 0.2) is 12.1 Å². The van der Waals surface area contributed by atoms with Gasteiger partial charge in [-0.2, -0.15) is 0 Å². The van der Waals surface area contributed by atoms with E-state index in [0.717, 1.165) is 18.4 Å². The monoisotopic (exact) mass is 240 g/mol. The fraction of sp³-hybridized carbons (Fsp3) is 0.417. The van der Waals surface area contributed by atoms with E-state index in [1.54, 1.807) is 19.1 Å². The first kappa shape index (κ1) is 11.3. The Balaban J connectivity index is 2.48. The lowest BCUT2D eigenvalue weighted by Gasteiger charge is -2.17. The zero-order chi connectivity index (χ0) is 11.9. The van der Waals surface area contributed by atoms with Gasteiger partial charge in [0.25, 0.3) is 0 Å².